The van der Waals surface area contributed by atoms with Crippen LogP contribution in [0, 0.1) is 0 Å². The molecule has 0 saturated heterocycles. The lowest BCUT2D eigenvalue weighted by molar-refractivity contribution is 0.354. The average Bonchev–Trinajstić information content (AvgIpc) is 2.65. The van der Waals surface area contributed by atoms with Crippen molar-refractivity contribution < 1.29 is 14.2 Å². The van der Waals surface area contributed by atoms with Gasteiger partial charge in [-0.25, -0.2) is 0 Å². The summed E-state index contributed by atoms with van der Waals surface area (Å²) in [6, 6.07) is 11.8. The first kappa shape index (κ1) is 19.2. The third-order valence-electron chi connectivity index (χ3n) is 3.96. The zero-order chi connectivity index (χ0) is 18.2. The van der Waals surface area contributed by atoms with Crippen molar-refractivity contribution in [3.63, 3.8) is 0 Å². The maximum atomic E-state index is 6.03. The molecule has 0 fully saturated rings. The van der Waals surface area contributed by atoms with Crippen molar-refractivity contribution in [3.8, 4) is 17.2 Å². The molecule has 0 amide bonds. The quantitative estimate of drug-likeness (QED) is 0.655. The number of benzene rings is 2. The highest BCUT2D eigenvalue weighted by Gasteiger charge is 2.09. The molecule has 0 aromatic heterocycles. The van der Waals surface area contributed by atoms with Gasteiger partial charge in [-0.15, -0.1) is 0 Å². The zero-order valence-corrected chi connectivity index (χ0v) is 15.8. The van der Waals surface area contributed by atoms with Crippen molar-refractivity contribution in [1.82, 2.24) is 5.32 Å². The van der Waals surface area contributed by atoms with Gasteiger partial charge in [-0.2, -0.15) is 0 Å². The summed E-state index contributed by atoms with van der Waals surface area (Å²) in [5.74, 6) is 2.13. The molecule has 25 heavy (non-hydrogen) atoms. The lowest BCUT2D eigenvalue weighted by Crippen LogP contribution is -2.25. The Bertz CT molecular complexity index is 694. The second kappa shape index (κ2) is 9.39. The van der Waals surface area contributed by atoms with E-state index < -0.39 is 0 Å². The van der Waals surface area contributed by atoms with Crippen LogP contribution in [0.1, 0.15) is 18.5 Å². The van der Waals surface area contributed by atoms with Gasteiger partial charge in [0, 0.05) is 30.9 Å². The molecule has 2 N–H and O–H groups in total. The van der Waals surface area contributed by atoms with Crippen molar-refractivity contribution in [2.45, 2.75) is 13.0 Å². The highest BCUT2D eigenvalue weighted by Crippen LogP contribution is 2.30. The smallest absolute Gasteiger partial charge is 0.161 e. The summed E-state index contributed by atoms with van der Waals surface area (Å²) in [6.45, 7) is 3.70. The van der Waals surface area contributed by atoms with E-state index in [1.807, 2.05) is 36.4 Å². The first-order valence-electron chi connectivity index (χ1n) is 8.11. The van der Waals surface area contributed by atoms with Gasteiger partial charge in [-0.3, -0.25) is 0 Å². The maximum Gasteiger partial charge on any atom is 0.161 e. The zero-order valence-electron chi connectivity index (χ0n) is 15.1. The lowest BCUT2D eigenvalue weighted by atomic mass is 10.1. The van der Waals surface area contributed by atoms with Crippen LogP contribution in [0.3, 0.4) is 0 Å². The molecule has 6 heteroatoms. The van der Waals surface area contributed by atoms with Crippen LogP contribution in [-0.2, 0) is 0 Å². The maximum absolute atomic E-state index is 6.03. The topological polar surface area (TPSA) is 51.8 Å². The van der Waals surface area contributed by atoms with E-state index in [9.17, 15) is 0 Å². The van der Waals surface area contributed by atoms with Crippen LogP contribution in [0.5, 0.6) is 17.2 Å². The van der Waals surface area contributed by atoms with Gasteiger partial charge in [-0.1, -0.05) is 17.7 Å². The SMILES string of the molecule is COc1cc(NCCN[C@H](C)c2ccc(OC)c(OC)c2)ccc1Cl. The van der Waals surface area contributed by atoms with Crippen molar-refractivity contribution >= 4 is 17.3 Å². The minimum Gasteiger partial charge on any atom is -0.495 e. The van der Waals surface area contributed by atoms with Crippen LogP contribution in [0.4, 0.5) is 5.69 Å². The Kier molecular flexibility index (Phi) is 7.22. The van der Waals surface area contributed by atoms with E-state index in [2.05, 4.69) is 17.6 Å². The van der Waals surface area contributed by atoms with E-state index in [-0.39, 0.29) is 6.04 Å². The molecular weight excluding hydrogens is 340 g/mol. The third kappa shape index (κ3) is 5.18. The predicted octanol–water partition coefficient (Wildman–Crippen LogP) is 4.13. The number of rotatable bonds is 9. The molecule has 136 valence electrons. The van der Waals surface area contributed by atoms with Crippen molar-refractivity contribution in [2.24, 2.45) is 0 Å². The molecule has 0 unspecified atom stereocenters. The van der Waals surface area contributed by atoms with Gasteiger partial charge >= 0.3 is 0 Å². The molecule has 2 rings (SSSR count). The summed E-state index contributed by atoms with van der Waals surface area (Å²) in [7, 11) is 4.89. The van der Waals surface area contributed by atoms with E-state index in [1.54, 1.807) is 21.3 Å². The molecule has 2 aromatic carbocycles. The molecule has 5 nitrogen and oxygen atoms in total. The summed E-state index contributed by atoms with van der Waals surface area (Å²) >= 11 is 6.03. The van der Waals surface area contributed by atoms with Crippen LogP contribution in [0.25, 0.3) is 0 Å². The van der Waals surface area contributed by atoms with Crippen molar-refractivity contribution in [3.05, 3.63) is 47.0 Å². The molecular formula is C19H25ClN2O3. The minimum atomic E-state index is 0.196. The molecule has 0 aliphatic carbocycles. The lowest BCUT2D eigenvalue weighted by Gasteiger charge is -2.17. The fraction of sp³-hybridized carbons (Fsp3) is 0.368. The number of ether oxygens (including phenoxy) is 3. The number of methoxy groups -OCH3 is 3. The fourth-order valence-corrected chi connectivity index (χ4v) is 2.70. The summed E-state index contributed by atoms with van der Waals surface area (Å²) in [5, 5.41) is 7.43. The Labute approximate surface area is 154 Å². The highest BCUT2D eigenvalue weighted by atomic mass is 35.5. The Hall–Kier alpha value is -2.11. The largest absolute Gasteiger partial charge is 0.495 e. The first-order chi connectivity index (χ1) is 12.1. The number of halogens is 1. The van der Waals surface area contributed by atoms with E-state index >= 15 is 0 Å². The highest BCUT2D eigenvalue weighted by molar-refractivity contribution is 6.32. The summed E-state index contributed by atoms with van der Waals surface area (Å²) in [4.78, 5) is 0. The first-order valence-corrected chi connectivity index (χ1v) is 8.49. The standard InChI is InChI=1S/C19H25ClN2O3/c1-13(14-5-8-17(23-2)19(11-14)25-4)21-9-10-22-15-6-7-16(20)18(12-15)24-3/h5-8,11-13,21-22H,9-10H2,1-4H3/t13-/m1/s1. The van der Waals surface area contributed by atoms with Gasteiger partial charge in [0.1, 0.15) is 5.75 Å². The molecule has 0 bridgehead atoms. The van der Waals surface area contributed by atoms with E-state index in [0.717, 1.165) is 35.8 Å². The van der Waals surface area contributed by atoms with Gasteiger partial charge in [0.05, 0.1) is 26.4 Å². The van der Waals surface area contributed by atoms with E-state index in [4.69, 9.17) is 25.8 Å². The predicted molar refractivity (Wildman–Crippen MR) is 102 cm³/mol. The molecule has 0 aliphatic heterocycles. The van der Waals surface area contributed by atoms with Crippen LogP contribution in [0.2, 0.25) is 5.02 Å². The Morgan fingerprint density at radius 1 is 0.880 bits per heavy atom. The summed E-state index contributed by atoms with van der Waals surface area (Å²) in [6.07, 6.45) is 0. The van der Waals surface area contributed by atoms with Crippen molar-refractivity contribution in [2.75, 3.05) is 39.7 Å². The number of hydrogen-bond acceptors (Lipinski definition) is 5. The van der Waals surface area contributed by atoms with Gasteiger partial charge in [0.25, 0.3) is 0 Å². The molecule has 0 spiro atoms. The molecule has 1 atom stereocenters. The average molecular weight is 365 g/mol. The summed E-state index contributed by atoms with van der Waals surface area (Å²) < 4.78 is 15.8. The van der Waals surface area contributed by atoms with Crippen molar-refractivity contribution in [1.29, 1.82) is 0 Å². The number of anilines is 1. The van der Waals surface area contributed by atoms with Crippen LogP contribution >= 0.6 is 11.6 Å². The number of hydrogen-bond donors (Lipinski definition) is 2. The molecule has 2 aromatic rings. The molecule has 0 aliphatic rings. The molecule has 0 radical (unpaired) electrons. The van der Waals surface area contributed by atoms with Gasteiger partial charge in [0.15, 0.2) is 11.5 Å². The molecule has 0 saturated carbocycles. The Morgan fingerprint density at radius 2 is 1.60 bits per heavy atom. The Morgan fingerprint density at radius 3 is 2.28 bits per heavy atom. The second-order valence-electron chi connectivity index (χ2n) is 5.57. The fourth-order valence-electron chi connectivity index (χ4n) is 2.51. The normalized spacial score (nSPS) is 11.7. The van der Waals surface area contributed by atoms with Crippen LogP contribution in [-0.4, -0.2) is 34.4 Å². The van der Waals surface area contributed by atoms with Gasteiger partial charge in [0.2, 0.25) is 0 Å². The monoisotopic (exact) mass is 364 g/mol. The van der Waals surface area contributed by atoms with Crippen LogP contribution < -0.4 is 24.8 Å². The summed E-state index contributed by atoms with van der Waals surface area (Å²) in [5.41, 5.74) is 2.12. The Balaban J connectivity index is 1.85. The van der Waals surface area contributed by atoms with E-state index in [0.29, 0.717) is 10.8 Å². The van der Waals surface area contributed by atoms with E-state index in [1.165, 1.54) is 0 Å². The second-order valence-corrected chi connectivity index (χ2v) is 5.97. The third-order valence-corrected chi connectivity index (χ3v) is 4.28. The van der Waals surface area contributed by atoms with Gasteiger partial charge in [-0.05, 0) is 36.8 Å². The van der Waals surface area contributed by atoms with Crippen LogP contribution in [0.15, 0.2) is 36.4 Å². The number of nitrogens with one attached hydrogen (secondary N) is 2. The molecule has 0 heterocycles. The minimum absolute atomic E-state index is 0.196. The van der Waals surface area contributed by atoms with Gasteiger partial charge < -0.3 is 24.8 Å².